The highest BCUT2D eigenvalue weighted by Gasteiger charge is 2.03. The molecule has 1 heterocycles. The van der Waals surface area contributed by atoms with Crippen molar-refractivity contribution in [1.29, 1.82) is 0 Å². The monoisotopic (exact) mass is 183 g/mol. The molecule has 2 aromatic rings. The van der Waals surface area contributed by atoms with Crippen LogP contribution < -0.4 is 0 Å². The smallest absolute Gasteiger partial charge is 0.0835 e. The Morgan fingerprint density at radius 3 is 2.93 bits per heavy atom. The predicted octanol–water partition coefficient (Wildman–Crippen LogP) is 2.84. The van der Waals surface area contributed by atoms with Crippen LogP contribution in [0, 0.1) is 12.3 Å². The molecule has 0 aliphatic heterocycles. The summed E-state index contributed by atoms with van der Waals surface area (Å²) in [5.74, 6) is 2.68. The first-order valence-corrected chi connectivity index (χ1v) is 4.87. The number of fused-ring (bicyclic) bond motifs is 1. The molecule has 2 rings (SSSR count). The lowest BCUT2D eigenvalue weighted by Crippen LogP contribution is -1.95. The zero-order valence-electron chi connectivity index (χ0n) is 8.33. The van der Waals surface area contributed by atoms with Gasteiger partial charge in [0.1, 0.15) is 0 Å². The Kier molecular flexibility index (Phi) is 2.28. The van der Waals surface area contributed by atoms with Crippen molar-refractivity contribution in [3.8, 4) is 12.3 Å². The largest absolute Gasteiger partial charge is 0.336 e. The molecule has 0 radical (unpaired) electrons. The lowest BCUT2D eigenvalue weighted by Gasteiger charge is -2.04. The molecule has 1 nitrogen and oxygen atoms in total. The minimum atomic E-state index is 0.653. The standard InChI is InChI=1S/C13H13N/c1-3-9-14-10-8-12-7-5-6-11(4-2)13(12)14/h1,5-8,10H,4,9H2,2H3. The van der Waals surface area contributed by atoms with Gasteiger partial charge >= 0.3 is 0 Å². The van der Waals surface area contributed by atoms with Crippen molar-refractivity contribution in [3.05, 3.63) is 36.0 Å². The van der Waals surface area contributed by atoms with Gasteiger partial charge in [-0.05, 0) is 23.4 Å². The Balaban J connectivity index is 2.69. The number of benzene rings is 1. The van der Waals surface area contributed by atoms with Crippen molar-refractivity contribution in [3.63, 3.8) is 0 Å². The molecule has 70 valence electrons. The van der Waals surface area contributed by atoms with E-state index < -0.39 is 0 Å². The third-order valence-electron chi connectivity index (χ3n) is 2.51. The molecule has 1 heteroatoms. The van der Waals surface area contributed by atoms with E-state index in [4.69, 9.17) is 6.42 Å². The summed E-state index contributed by atoms with van der Waals surface area (Å²) in [5.41, 5.74) is 2.65. The summed E-state index contributed by atoms with van der Waals surface area (Å²) in [6, 6.07) is 8.50. The quantitative estimate of drug-likeness (QED) is 0.631. The first-order valence-electron chi connectivity index (χ1n) is 4.87. The molecule has 1 aromatic heterocycles. The number of aromatic nitrogens is 1. The van der Waals surface area contributed by atoms with E-state index in [9.17, 15) is 0 Å². The summed E-state index contributed by atoms with van der Waals surface area (Å²) in [4.78, 5) is 0. The average molecular weight is 183 g/mol. The summed E-state index contributed by atoms with van der Waals surface area (Å²) in [7, 11) is 0. The maximum Gasteiger partial charge on any atom is 0.0835 e. The van der Waals surface area contributed by atoms with E-state index >= 15 is 0 Å². The molecule has 14 heavy (non-hydrogen) atoms. The second-order valence-electron chi connectivity index (χ2n) is 3.36. The van der Waals surface area contributed by atoms with Crippen LogP contribution in [0.1, 0.15) is 12.5 Å². The highest BCUT2D eigenvalue weighted by molar-refractivity contribution is 5.83. The molecule has 0 saturated carbocycles. The number of nitrogens with zero attached hydrogens (tertiary/aromatic N) is 1. The molecule has 0 bridgehead atoms. The number of aryl methyl sites for hydroxylation is 1. The molecule has 0 fully saturated rings. The van der Waals surface area contributed by atoms with E-state index in [2.05, 4.69) is 47.9 Å². The van der Waals surface area contributed by atoms with Gasteiger partial charge in [-0.3, -0.25) is 0 Å². The van der Waals surface area contributed by atoms with E-state index in [0.717, 1.165) is 6.42 Å². The first-order chi connectivity index (χ1) is 6.86. The molecule has 0 aliphatic rings. The third kappa shape index (κ3) is 1.29. The summed E-state index contributed by atoms with van der Waals surface area (Å²) < 4.78 is 2.13. The molecule has 0 amide bonds. The third-order valence-corrected chi connectivity index (χ3v) is 2.51. The number of hydrogen-bond acceptors (Lipinski definition) is 0. The van der Waals surface area contributed by atoms with Crippen LogP contribution in [-0.2, 0) is 13.0 Å². The molecule has 0 atom stereocenters. The minimum Gasteiger partial charge on any atom is -0.336 e. The van der Waals surface area contributed by atoms with E-state index in [1.165, 1.54) is 16.5 Å². The normalized spacial score (nSPS) is 10.3. The predicted molar refractivity (Wildman–Crippen MR) is 60.1 cm³/mol. The van der Waals surface area contributed by atoms with E-state index in [1.54, 1.807) is 0 Å². The van der Waals surface area contributed by atoms with Gasteiger partial charge in [-0.2, -0.15) is 0 Å². The molecule has 0 aliphatic carbocycles. The van der Waals surface area contributed by atoms with Crippen LogP contribution in [0.15, 0.2) is 30.5 Å². The summed E-state index contributed by atoms with van der Waals surface area (Å²) in [6.45, 7) is 2.82. The second-order valence-corrected chi connectivity index (χ2v) is 3.36. The van der Waals surface area contributed by atoms with Crippen molar-refractivity contribution < 1.29 is 0 Å². The number of hydrogen-bond donors (Lipinski definition) is 0. The zero-order valence-corrected chi connectivity index (χ0v) is 8.33. The Labute approximate surface area is 84.4 Å². The van der Waals surface area contributed by atoms with Gasteiger partial charge in [0.2, 0.25) is 0 Å². The maximum absolute atomic E-state index is 5.33. The fraction of sp³-hybridized carbons (Fsp3) is 0.231. The molecule has 1 aromatic carbocycles. The Morgan fingerprint density at radius 2 is 2.21 bits per heavy atom. The van der Waals surface area contributed by atoms with Gasteiger partial charge in [0.25, 0.3) is 0 Å². The fourth-order valence-electron chi connectivity index (χ4n) is 1.86. The maximum atomic E-state index is 5.33. The van der Waals surface area contributed by atoms with Crippen LogP contribution in [-0.4, -0.2) is 4.57 Å². The van der Waals surface area contributed by atoms with E-state index in [1.807, 2.05) is 0 Å². The molecular weight excluding hydrogens is 170 g/mol. The molecule has 0 saturated heterocycles. The molecule has 0 N–H and O–H groups in total. The van der Waals surface area contributed by atoms with Crippen LogP contribution in [0.2, 0.25) is 0 Å². The fourth-order valence-corrected chi connectivity index (χ4v) is 1.86. The Hall–Kier alpha value is -1.68. The molecule has 0 unspecified atom stereocenters. The van der Waals surface area contributed by atoms with Crippen LogP contribution in [0.25, 0.3) is 10.9 Å². The van der Waals surface area contributed by atoms with Crippen molar-refractivity contribution in [1.82, 2.24) is 4.57 Å². The van der Waals surface area contributed by atoms with Gasteiger partial charge in [0.05, 0.1) is 12.1 Å². The number of rotatable bonds is 2. The van der Waals surface area contributed by atoms with Crippen LogP contribution in [0.5, 0.6) is 0 Å². The van der Waals surface area contributed by atoms with Crippen molar-refractivity contribution in [2.75, 3.05) is 0 Å². The van der Waals surface area contributed by atoms with Gasteiger partial charge in [0.15, 0.2) is 0 Å². The van der Waals surface area contributed by atoms with Crippen LogP contribution in [0.3, 0.4) is 0 Å². The van der Waals surface area contributed by atoms with Crippen molar-refractivity contribution >= 4 is 10.9 Å². The summed E-state index contributed by atoms with van der Waals surface area (Å²) >= 11 is 0. The topological polar surface area (TPSA) is 4.93 Å². The zero-order chi connectivity index (χ0) is 9.97. The highest BCUT2D eigenvalue weighted by atomic mass is 14.9. The average Bonchev–Trinajstić information content (AvgIpc) is 2.62. The van der Waals surface area contributed by atoms with Crippen molar-refractivity contribution in [2.24, 2.45) is 0 Å². The Morgan fingerprint density at radius 1 is 1.36 bits per heavy atom. The summed E-state index contributed by atoms with van der Waals surface area (Å²) in [6.07, 6.45) is 8.44. The van der Waals surface area contributed by atoms with Gasteiger partial charge in [0, 0.05) is 6.20 Å². The van der Waals surface area contributed by atoms with Gasteiger partial charge < -0.3 is 4.57 Å². The summed E-state index contributed by atoms with van der Waals surface area (Å²) in [5, 5.41) is 1.28. The van der Waals surface area contributed by atoms with Gasteiger partial charge in [-0.15, -0.1) is 6.42 Å². The highest BCUT2D eigenvalue weighted by Crippen LogP contribution is 2.20. The van der Waals surface area contributed by atoms with Crippen LogP contribution in [0.4, 0.5) is 0 Å². The molecule has 0 spiro atoms. The number of terminal acetylenes is 1. The number of para-hydroxylation sites is 1. The Bertz CT molecular complexity index is 485. The molecular formula is C13H13N. The lowest BCUT2D eigenvalue weighted by atomic mass is 10.1. The minimum absolute atomic E-state index is 0.653. The lowest BCUT2D eigenvalue weighted by molar-refractivity contribution is 0.878. The van der Waals surface area contributed by atoms with E-state index in [0.29, 0.717) is 6.54 Å². The second kappa shape index (κ2) is 3.59. The SMILES string of the molecule is C#CCn1ccc2cccc(CC)c21. The van der Waals surface area contributed by atoms with E-state index in [-0.39, 0.29) is 0 Å². The van der Waals surface area contributed by atoms with Gasteiger partial charge in [-0.1, -0.05) is 31.0 Å². The van der Waals surface area contributed by atoms with Crippen LogP contribution >= 0.6 is 0 Å². The first kappa shape index (κ1) is 8.90. The van der Waals surface area contributed by atoms with Gasteiger partial charge in [-0.25, -0.2) is 0 Å². The van der Waals surface area contributed by atoms with Crippen molar-refractivity contribution in [2.45, 2.75) is 19.9 Å².